The van der Waals surface area contributed by atoms with E-state index in [4.69, 9.17) is 16.3 Å². The highest BCUT2D eigenvalue weighted by Crippen LogP contribution is 2.19. The van der Waals surface area contributed by atoms with Crippen molar-refractivity contribution in [3.63, 3.8) is 0 Å². The molecule has 1 aromatic rings. The highest BCUT2D eigenvalue weighted by Gasteiger charge is 2.22. The summed E-state index contributed by atoms with van der Waals surface area (Å²) in [6.07, 6.45) is 0. The molecule has 0 N–H and O–H groups in total. The number of alkyl halides is 2. The van der Waals surface area contributed by atoms with Gasteiger partial charge in [0.25, 0.3) is 0 Å². The molecule has 0 aliphatic heterocycles. The topological polar surface area (TPSA) is 9.23 Å². The van der Waals surface area contributed by atoms with E-state index in [0.717, 1.165) is 15.4 Å². The quantitative estimate of drug-likeness (QED) is 0.713. The van der Waals surface area contributed by atoms with Crippen LogP contribution in [-0.4, -0.2) is 16.8 Å². The Bertz CT molecular complexity index is 313. The number of hydrogen-bond donors (Lipinski definition) is 0. The molecule has 0 aliphatic carbocycles. The monoisotopic (exact) mass is 354 g/mol. The molecule has 4 heteroatoms. The Kier molecular flexibility index (Phi) is 5.61. The lowest BCUT2D eigenvalue weighted by molar-refractivity contribution is -0.00769. The van der Waals surface area contributed by atoms with Gasteiger partial charge in [0.1, 0.15) is 0 Å². The zero-order chi connectivity index (χ0) is 11.3. The molecule has 1 unspecified atom stereocenters. The Morgan fingerprint density at radius 2 is 2.20 bits per heavy atom. The molecule has 0 amide bonds. The van der Waals surface area contributed by atoms with Crippen molar-refractivity contribution in [2.45, 2.75) is 19.1 Å². The molecule has 0 spiro atoms. The maximum atomic E-state index is 5.84. The first kappa shape index (κ1) is 13.5. The molecule has 0 aliphatic rings. The lowest BCUT2D eigenvalue weighted by Gasteiger charge is -2.25. The maximum absolute atomic E-state index is 5.84. The van der Waals surface area contributed by atoms with Gasteiger partial charge >= 0.3 is 0 Å². The third-order valence-corrected chi connectivity index (χ3v) is 4.29. The average Bonchev–Trinajstić information content (AvgIpc) is 2.26. The van der Waals surface area contributed by atoms with Crippen LogP contribution in [0.3, 0.4) is 0 Å². The summed E-state index contributed by atoms with van der Waals surface area (Å²) in [6, 6.07) is 8.07. The summed E-state index contributed by atoms with van der Waals surface area (Å²) in [7, 11) is 0. The lowest BCUT2D eigenvalue weighted by Crippen LogP contribution is -2.32. The van der Waals surface area contributed by atoms with Crippen LogP contribution in [0.5, 0.6) is 0 Å². The third kappa shape index (κ3) is 4.43. The molecular formula is C11H13Br2ClO. The van der Waals surface area contributed by atoms with Gasteiger partial charge in [-0.05, 0) is 24.6 Å². The Labute approximate surface area is 112 Å². The minimum Gasteiger partial charge on any atom is -0.368 e. The summed E-state index contributed by atoms with van der Waals surface area (Å²) in [5.41, 5.74) is 0.839. The summed E-state index contributed by atoms with van der Waals surface area (Å²) in [6.45, 7) is 2.57. The van der Waals surface area contributed by atoms with Crippen LogP contribution >= 0.6 is 43.5 Å². The first-order valence-electron chi connectivity index (χ1n) is 4.60. The van der Waals surface area contributed by atoms with Gasteiger partial charge in [0, 0.05) is 9.80 Å². The fourth-order valence-corrected chi connectivity index (χ4v) is 2.20. The van der Waals surface area contributed by atoms with E-state index in [-0.39, 0.29) is 5.60 Å². The molecule has 1 atom stereocenters. The van der Waals surface area contributed by atoms with E-state index in [2.05, 4.69) is 31.9 Å². The highest BCUT2D eigenvalue weighted by atomic mass is 79.9. The average molecular weight is 356 g/mol. The minimum atomic E-state index is -0.302. The zero-order valence-electron chi connectivity index (χ0n) is 8.47. The van der Waals surface area contributed by atoms with Gasteiger partial charge in [-0.1, -0.05) is 44.0 Å². The van der Waals surface area contributed by atoms with Gasteiger partial charge in [0.05, 0.1) is 18.1 Å². The molecule has 15 heavy (non-hydrogen) atoms. The Hall–Kier alpha value is 0.430. The third-order valence-electron chi connectivity index (χ3n) is 2.04. The van der Waals surface area contributed by atoms with Crippen LogP contribution in [0.1, 0.15) is 12.5 Å². The van der Waals surface area contributed by atoms with Gasteiger partial charge in [-0.3, -0.25) is 0 Å². The summed E-state index contributed by atoms with van der Waals surface area (Å²) in [4.78, 5) is 0. The predicted molar refractivity (Wildman–Crippen MR) is 71.9 cm³/mol. The second kappa shape index (κ2) is 6.24. The molecule has 1 nitrogen and oxygen atoms in total. The van der Waals surface area contributed by atoms with Crippen LogP contribution in [0, 0.1) is 0 Å². The summed E-state index contributed by atoms with van der Waals surface area (Å²) in [5.74, 6) is 0.478. The van der Waals surface area contributed by atoms with Crippen LogP contribution in [-0.2, 0) is 11.3 Å². The Morgan fingerprint density at radius 1 is 1.47 bits per heavy atom. The van der Waals surface area contributed by atoms with Crippen molar-refractivity contribution in [3.8, 4) is 0 Å². The van der Waals surface area contributed by atoms with Gasteiger partial charge in [0.15, 0.2) is 0 Å². The lowest BCUT2D eigenvalue weighted by atomic mass is 10.2. The molecule has 0 fully saturated rings. The van der Waals surface area contributed by atoms with E-state index in [0.29, 0.717) is 12.5 Å². The summed E-state index contributed by atoms with van der Waals surface area (Å²) in [5, 5.41) is 0.734. The number of halogens is 3. The van der Waals surface area contributed by atoms with E-state index in [9.17, 15) is 0 Å². The molecule has 0 radical (unpaired) electrons. The van der Waals surface area contributed by atoms with E-state index < -0.39 is 0 Å². The first-order valence-corrected chi connectivity index (χ1v) is 7.05. The summed E-state index contributed by atoms with van der Waals surface area (Å²) >= 11 is 12.7. The summed E-state index contributed by atoms with van der Waals surface area (Å²) < 4.78 is 6.83. The number of hydrogen-bond acceptors (Lipinski definition) is 1. The van der Waals surface area contributed by atoms with Crippen molar-refractivity contribution < 1.29 is 4.74 Å². The van der Waals surface area contributed by atoms with E-state index in [1.54, 1.807) is 0 Å². The van der Waals surface area contributed by atoms with Crippen LogP contribution < -0.4 is 0 Å². The van der Waals surface area contributed by atoms with Gasteiger partial charge in [-0.2, -0.15) is 0 Å². The van der Waals surface area contributed by atoms with Crippen LogP contribution in [0.25, 0.3) is 0 Å². The molecule has 1 rings (SSSR count). The smallest absolute Gasteiger partial charge is 0.0890 e. The molecule has 0 saturated carbocycles. The molecule has 0 aromatic heterocycles. The van der Waals surface area contributed by atoms with Crippen LogP contribution in [0.15, 0.2) is 28.7 Å². The number of ether oxygens (including phenoxy) is 1. The van der Waals surface area contributed by atoms with Crippen molar-refractivity contribution in [1.29, 1.82) is 0 Å². The Balaban J connectivity index is 2.56. The van der Waals surface area contributed by atoms with Crippen molar-refractivity contribution in [3.05, 3.63) is 34.3 Å². The molecule has 84 valence electrons. The van der Waals surface area contributed by atoms with Gasteiger partial charge in [0.2, 0.25) is 0 Å². The Morgan fingerprint density at radius 3 is 2.73 bits per heavy atom. The van der Waals surface area contributed by atoms with Gasteiger partial charge in [-0.25, -0.2) is 0 Å². The van der Waals surface area contributed by atoms with Crippen molar-refractivity contribution in [1.82, 2.24) is 0 Å². The fourth-order valence-electron chi connectivity index (χ4n) is 0.997. The number of rotatable bonds is 5. The maximum Gasteiger partial charge on any atom is 0.0890 e. The van der Waals surface area contributed by atoms with Crippen LogP contribution in [0.2, 0.25) is 0 Å². The van der Waals surface area contributed by atoms with Gasteiger partial charge in [-0.15, -0.1) is 11.6 Å². The molecule has 0 bridgehead atoms. The van der Waals surface area contributed by atoms with Crippen LogP contribution in [0.4, 0.5) is 0 Å². The van der Waals surface area contributed by atoms with E-state index in [1.165, 1.54) is 0 Å². The standard InChI is InChI=1S/C11H13Br2ClO/c1-11(7-12,8-14)15-6-9-3-2-4-10(13)5-9/h2-5H,6-8H2,1H3. The van der Waals surface area contributed by atoms with Crippen molar-refractivity contribution in [2.24, 2.45) is 0 Å². The zero-order valence-corrected chi connectivity index (χ0v) is 12.4. The van der Waals surface area contributed by atoms with Crippen molar-refractivity contribution >= 4 is 43.5 Å². The fraction of sp³-hybridized carbons (Fsp3) is 0.455. The minimum absolute atomic E-state index is 0.302. The van der Waals surface area contributed by atoms with Gasteiger partial charge < -0.3 is 4.74 Å². The van der Waals surface area contributed by atoms with E-state index >= 15 is 0 Å². The number of benzene rings is 1. The van der Waals surface area contributed by atoms with E-state index in [1.807, 2.05) is 31.2 Å². The molecule has 1 aromatic carbocycles. The first-order chi connectivity index (χ1) is 7.09. The second-order valence-corrected chi connectivity index (χ2v) is 5.38. The van der Waals surface area contributed by atoms with Crippen molar-refractivity contribution in [2.75, 3.05) is 11.2 Å². The SMILES string of the molecule is CC(CCl)(CBr)OCc1cccc(Br)c1. The second-order valence-electron chi connectivity index (χ2n) is 3.64. The molecule has 0 saturated heterocycles. The molecule has 0 heterocycles. The normalized spacial score (nSPS) is 14.9. The predicted octanol–water partition coefficient (Wildman–Crippen LogP) is 4.36. The molecular weight excluding hydrogens is 343 g/mol. The largest absolute Gasteiger partial charge is 0.368 e. The highest BCUT2D eigenvalue weighted by molar-refractivity contribution is 9.10.